The molecular formula is C9H14N2O. The van der Waals surface area contributed by atoms with E-state index < -0.39 is 6.10 Å². The highest BCUT2D eigenvalue weighted by Crippen LogP contribution is 2.14. The minimum atomic E-state index is -0.415. The minimum absolute atomic E-state index is 0.415. The van der Waals surface area contributed by atoms with E-state index in [4.69, 9.17) is 5.84 Å². The van der Waals surface area contributed by atoms with Crippen molar-refractivity contribution in [3.63, 3.8) is 0 Å². The quantitative estimate of drug-likeness (QED) is 0.453. The van der Waals surface area contributed by atoms with E-state index in [9.17, 15) is 5.11 Å². The number of nitrogens with two attached hydrogens (primary N) is 1. The monoisotopic (exact) mass is 166 g/mol. The molecular weight excluding hydrogens is 152 g/mol. The molecule has 1 unspecified atom stereocenters. The molecule has 1 aromatic carbocycles. The first kappa shape index (κ1) is 9.19. The minimum Gasteiger partial charge on any atom is -0.388 e. The molecule has 66 valence electrons. The van der Waals surface area contributed by atoms with Gasteiger partial charge in [-0.05, 0) is 12.0 Å². The molecule has 0 aromatic heterocycles. The fraction of sp³-hybridized carbons (Fsp3) is 0.333. The molecule has 3 heteroatoms. The van der Waals surface area contributed by atoms with Crippen molar-refractivity contribution in [2.24, 2.45) is 5.84 Å². The zero-order valence-corrected chi connectivity index (χ0v) is 6.90. The van der Waals surface area contributed by atoms with E-state index in [-0.39, 0.29) is 0 Å². The molecule has 0 bridgehead atoms. The van der Waals surface area contributed by atoms with Crippen LogP contribution in [0.3, 0.4) is 0 Å². The summed E-state index contributed by atoms with van der Waals surface area (Å²) in [5.41, 5.74) is 3.45. The van der Waals surface area contributed by atoms with E-state index in [0.717, 1.165) is 5.56 Å². The average molecular weight is 166 g/mol. The summed E-state index contributed by atoms with van der Waals surface area (Å²) in [6.07, 6.45) is 0.225. The van der Waals surface area contributed by atoms with Gasteiger partial charge in [-0.15, -0.1) is 0 Å². The van der Waals surface area contributed by atoms with Crippen molar-refractivity contribution >= 4 is 0 Å². The van der Waals surface area contributed by atoms with Crippen molar-refractivity contribution in [3.05, 3.63) is 35.9 Å². The highest BCUT2D eigenvalue weighted by Gasteiger charge is 2.04. The highest BCUT2D eigenvalue weighted by atomic mass is 16.3. The summed E-state index contributed by atoms with van der Waals surface area (Å²) in [4.78, 5) is 0. The molecule has 3 nitrogen and oxygen atoms in total. The summed E-state index contributed by atoms with van der Waals surface area (Å²) in [5, 5.41) is 9.56. The Bertz CT molecular complexity index is 213. The van der Waals surface area contributed by atoms with Gasteiger partial charge in [-0.3, -0.25) is 11.3 Å². The van der Waals surface area contributed by atoms with Crippen LogP contribution in [-0.4, -0.2) is 11.7 Å². The largest absolute Gasteiger partial charge is 0.388 e. The third-order valence-electron chi connectivity index (χ3n) is 1.75. The van der Waals surface area contributed by atoms with Crippen LogP contribution in [0.2, 0.25) is 0 Å². The molecule has 1 rings (SSSR count). The predicted molar refractivity (Wildman–Crippen MR) is 48.2 cm³/mol. The maximum atomic E-state index is 9.56. The van der Waals surface area contributed by atoms with Gasteiger partial charge in [-0.25, -0.2) is 0 Å². The number of hydrazine groups is 1. The van der Waals surface area contributed by atoms with Gasteiger partial charge in [0.05, 0.1) is 6.10 Å². The number of hydrogen-bond acceptors (Lipinski definition) is 3. The Morgan fingerprint density at radius 2 is 2.00 bits per heavy atom. The Balaban J connectivity index is 2.48. The Kier molecular flexibility index (Phi) is 3.73. The first-order chi connectivity index (χ1) is 5.84. The average Bonchev–Trinajstić information content (AvgIpc) is 2.15. The molecule has 0 aliphatic rings. The zero-order chi connectivity index (χ0) is 8.81. The van der Waals surface area contributed by atoms with E-state index in [1.807, 2.05) is 30.3 Å². The van der Waals surface area contributed by atoms with Crippen LogP contribution in [-0.2, 0) is 0 Å². The molecule has 0 aliphatic carbocycles. The Labute approximate surface area is 72.2 Å². The van der Waals surface area contributed by atoms with Crippen LogP contribution in [0.5, 0.6) is 0 Å². The van der Waals surface area contributed by atoms with Crippen molar-refractivity contribution in [1.29, 1.82) is 0 Å². The standard InChI is InChI=1S/C9H14N2O/c10-11-7-6-9(12)8-4-2-1-3-5-8/h1-5,9,11-12H,6-7,10H2. The lowest BCUT2D eigenvalue weighted by atomic mass is 10.1. The second-order valence-electron chi connectivity index (χ2n) is 2.67. The van der Waals surface area contributed by atoms with Gasteiger partial charge in [-0.2, -0.15) is 0 Å². The van der Waals surface area contributed by atoms with Crippen LogP contribution >= 0.6 is 0 Å². The Hall–Kier alpha value is -0.900. The van der Waals surface area contributed by atoms with Gasteiger partial charge in [0.2, 0.25) is 0 Å². The molecule has 0 heterocycles. The second-order valence-corrected chi connectivity index (χ2v) is 2.67. The summed E-state index contributed by atoms with van der Waals surface area (Å²) < 4.78 is 0. The highest BCUT2D eigenvalue weighted by molar-refractivity contribution is 5.17. The van der Waals surface area contributed by atoms with Gasteiger partial charge in [0.25, 0.3) is 0 Å². The summed E-state index contributed by atoms with van der Waals surface area (Å²) in [7, 11) is 0. The second kappa shape index (κ2) is 4.87. The van der Waals surface area contributed by atoms with Gasteiger partial charge < -0.3 is 5.11 Å². The third-order valence-corrected chi connectivity index (χ3v) is 1.75. The number of nitrogens with one attached hydrogen (secondary N) is 1. The van der Waals surface area contributed by atoms with Crippen LogP contribution < -0.4 is 11.3 Å². The van der Waals surface area contributed by atoms with Crippen LogP contribution in [0, 0.1) is 0 Å². The number of aliphatic hydroxyl groups is 1. The normalized spacial score (nSPS) is 12.8. The lowest BCUT2D eigenvalue weighted by molar-refractivity contribution is 0.167. The van der Waals surface area contributed by atoms with Gasteiger partial charge >= 0.3 is 0 Å². The van der Waals surface area contributed by atoms with Gasteiger partial charge in [0.15, 0.2) is 0 Å². The topological polar surface area (TPSA) is 58.3 Å². The fourth-order valence-corrected chi connectivity index (χ4v) is 1.06. The van der Waals surface area contributed by atoms with Crippen molar-refractivity contribution in [2.75, 3.05) is 6.54 Å². The molecule has 0 aliphatic heterocycles. The Morgan fingerprint density at radius 1 is 1.33 bits per heavy atom. The summed E-state index contributed by atoms with van der Waals surface area (Å²) in [5.74, 6) is 5.09. The molecule has 0 saturated heterocycles. The van der Waals surface area contributed by atoms with Crippen LogP contribution in [0.25, 0.3) is 0 Å². The van der Waals surface area contributed by atoms with Crippen LogP contribution in [0.4, 0.5) is 0 Å². The molecule has 12 heavy (non-hydrogen) atoms. The number of hydrogen-bond donors (Lipinski definition) is 3. The van der Waals surface area contributed by atoms with E-state index >= 15 is 0 Å². The van der Waals surface area contributed by atoms with Gasteiger partial charge in [0.1, 0.15) is 0 Å². The summed E-state index contributed by atoms with van der Waals surface area (Å²) in [6.45, 7) is 0.621. The third kappa shape index (κ3) is 2.62. The smallest absolute Gasteiger partial charge is 0.0802 e. The maximum absolute atomic E-state index is 9.56. The molecule has 0 radical (unpaired) electrons. The fourth-order valence-electron chi connectivity index (χ4n) is 1.06. The molecule has 0 spiro atoms. The molecule has 1 aromatic rings. The van der Waals surface area contributed by atoms with Gasteiger partial charge in [-0.1, -0.05) is 30.3 Å². The Morgan fingerprint density at radius 3 is 2.58 bits per heavy atom. The van der Waals surface area contributed by atoms with E-state index in [1.165, 1.54) is 0 Å². The van der Waals surface area contributed by atoms with Gasteiger partial charge in [0, 0.05) is 6.54 Å². The molecule has 0 fully saturated rings. The van der Waals surface area contributed by atoms with Crippen molar-refractivity contribution in [3.8, 4) is 0 Å². The van der Waals surface area contributed by atoms with Crippen LogP contribution in [0.1, 0.15) is 18.1 Å². The first-order valence-electron chi connectivity index (χ1n) is 4.01. The van der Waals surface area contributed by atoms with E-state index in [1.54, 1.807) is 0 Å². The number of aliphatic hydroxyl groups excluding tert-OH is 1. The lowest BCUT2D eigenvalue weighted by Gasteiger charge is -2.09. The number of benzene rings is 1. The van der Waals surface area contributed by atoms with Crippen LogP contribution in [0.15, 0.2) is 30.3 Å². The zero-order valence-electron chi connectivity index (χ0n) is 6.90. The SMILES string of the molecule is NNCCC(O)c1ccccc1. The molecule has 0 saturated carbocycles. The van der Waals surface area contributed by atoms with E-state index in [2.05, 4.69) is 5.43 Å². The van der Waals surface area contributed by atoms with Crippen molar-refractivity contribution < 1.29 is 5.11 Å². The summed E-state index contributed by atoms with van der Waals surface area (Å²) in [6, 6.07) is 9.56. The molecule has 1 atom stereocenters. The predicted octanol–water partition coefficient (Wildman–Crippen LogP) is 0.573. The van der Waals surface area contributed by atoms with Crippen molar-refractivity contribution in [2.45, 2.75) is 12.5 Å². The summed E-state index contributed by atoms with van der Waals surface area (Å²) >= 11 is 0. The van der Waals surface area contributed by atoms with E-state index in [0.29, 0.717) is 13.0 Å². The lowest BCUT2D eigenvalue weighted by Crippen LogP contribution is -2.24. The van der Waals surface area contributed by atoms with Crippen molar-refractivity contribution in [1.82, 2.24) is 5.43 Å². The molecule has 0 amide bonds. The molecule has 4 N–H and O–H groups in total. The maximum Gasteiger partial charge on any atom is 0.0802 e. The number of rotatable bonds is 4. The first-order valence-corrected chi connectivity index (χ1v) is 4.01.